The Kier molecular flexibility index (Phi) is 2.78. The van der Waals surface area contributed by atoms with Crippen LogP contribution in [-0.2, 0) is 5.88 Å². The number of thiophene rings is 1. The highest BCUT2D eigenvalue weighted by atomic mass is 79.9. The molecular formula is C10H5BrClNS. The Morgan fingerprint density at radius 1 is 1.57 bits per heavy atom. The molecule has 0 N–H and O–H groups in total. The molecule has 70 valence electrons. The van der Waals surface area contributed by atoms with Crippen molar-refractivity contribution in [1.82, 2.24) is 0 Å². The molecule has 1 aromatic carbocycles. The molecule has 0 aliphatic carbocycles. The molecule has 4 heteroatoms. The molecule has 0 fully saturated rings. The lowest BCUT2D eigenvalue weighted by atomic mass is 10.1. The van der Waals surface area contributed by atoms with Crippen LogP contribution in [0.25, 0.3) is 10.1 Å². The first-order chi connectivity index (χ1) is 6.77. The molecule has 0 atom stereocenters. The van der Waals surface area contributed by atoms with Gasteiger partial charge in [0.25, 0.3) is 0 Å². The summed E-state index contributed by atoms with van der Waals surface area (Å²) in [5.41, 5.74) is 1.67. The lowest BCUT2D eigenvalue weighted by molar-refractivity contribution is 1.41. The van der Waals surface area contributed by atoms with Crippen LogP contribution in [0.1, 0.15) is 11.1 Å². The fourth-order valence-electron chi connectivity index (χ4n) is 1.36. The molecule has 2 aromatic rings. The van der Waals surface area contributed by atoms with Crippen LogP contribution in [0.5, 0.6) is 0 Å². The third kappa shape index (κ3) is 1.44. The van der Waals surface area contributed by atoms with Crippen molar-refractivity contribution >= 4 is 49.0 Å². The van der Waals surface area contributed by atoms with Crippen LogP contribution in [-0.4, -0.2) is 0 Å². The van der Waals surface area contributed by atoms with Gasteiger partial charge in [-0.3, -0.25) is 0 Å². The summed E-state index contributed by atoms with van der Waals surface area (Å²) in [5, 5.41) is 12.1. The van der Waals surface area contributed by atoms with Gasteiger partial charge in [0.1, 0.15) is 6.07 Å². The van der Waals surface area contributed by atoms with Gasteiger partial charge in [0.2, 0.25) is 0 Å². The summed E-state index contributed by atoms with van der Waals surface area (Å²) < 4.78 is 1.97. The number of rotatable bonds is 1. The minimum Gasteiger partial charge on any atom is -0.192 e. The number of hydrogen-bond donors (Lipinski definition) is 0. The van der Waals surface area contributed by atoms with Crippen LogP contribution in [0, 0.1) is 11.3 Å². The molecule has 0 aliphatic rings. The molecule has 14 heavy (non-hydrogen) atoms. The van der Waals surface area contributed by atoms with Crippen molar-refractivity contribution in [2.24, 2.45) is 0 Å². The zero-order valence-electron chi connectivity index (χ0n) is 7.05. The second-order valence-corrected chi connectivity index (χ2v) is 4.78. The predicted octanol–water partition coefficient (Wildman–Crippen LogP) is 4.27. The average Bonchev–Trinajstić information content (AvgIpc) is 2.68. The third-order valence-electron chi connectivity index (χ3n) is 2.03. The minimum atomic E-state index is 0.440. The van der Waals surface area contributed by atoms with Crippen molar-refractivity contribution in [2.75, 3.05) is 0 Å². The molecule has 0 spiro atoms. The molecule has 0 unspecified atom stereocenters. The van der Waals surface area contributed by atoms with Gasteiger partial charge < -0.3 is 0 Å². The summed E-state index contributed by atoms with van der Waals surface area (Å²) in [5.74, 6) is 0.440. The van der Waals surface area contributed by atoms with Gasteiger partial charge in [-0.05, 0) is 44.4 Å². The van der Waals surface area contributed by atoms with Gasteiger partial charge in [0.15, 0.2) is 0 Å². The summed E-state index contributed by atoms with van der Waals surface area (Å²) in [6.07, 6.45) is 0. The molecule has 1 nitrogen and oxygen atoms in total. The number of hydrogen-bond acceptors (Lipinski definition) is 2. The lowest BCUT2D eigenvalue weighted by Gasteiger charge is -2.02. The Morgan fingerprint density at radius 3 is 3.00 bits per heavy atom. The van der Waals surface area contributed by atoms with Crippen molar-refractivity contribution in [3.05, 3.63) is 33.1 Å². The topological polar surface area (TPSA) is 23.8 Å². The van der Waals surface area contributed by atoms with Gasteiger partial charge in [-0.25, -0.2) is 0 Å². The Hall–Kier alpha value is -0.560. The third-order valence-corrected chi connectivity index (χ3v) is 4.34. The summed E-state index contributed by atoms with van der Waals surface area (Å²) in [7, 11) is 0. The van der Waals surface area contributed by atoms with E-state index in [9.17, 15) is 0 Å². The summed E-state index contributed by atoms with van der Waals surface area (Å²) >= 11 is 10.9. The number of alkyl halides is 1. The number of benzene rings is 1. The maximum Gasteiger partial charge on any atom is 0.100 e. The zero-order chi connectivity index (χ0) is 10.1. The van der Waals surface area contributed by atoms with E-state index in [1.165, 1.54) is 0 Å². The van der Waals surface area contributed by atoms with Gasteiger partial charge in [-0.1, -0.05) is 0 Å². The molecule has 1 heterocycles. The fraction of sp³-hybridized carbons (Fsp3) is 0.100. The average molecular weight is 287 g/mol. The van der Waals surface area contributed by atoms with E-state index in [2.05, 4.69) is 22.0 Å². The molecule has 0 amide bonds. The lowest BCUT2D eigenvalue weighted by Crippen LogP contribution is -1.84. The first-order valence-corrected chi connectivity index (χ1v) is 6.13. The number of nitrogens with zero attached hydrogens (tertiary/aromatic N) is 1. The largest absolute Gasteiger partial charge is 0.192 e. The van der Waals surface area contributed by atoms with E-state index in [4.69, 9.17) is 16.9 Å². The second-order valence-electron chi connectivity index (χ2n) is 2.81. The van der Waals surface area contributed by atoms with Gasteiger partial charge in [-0.15, -0.1) is 22.9 Å². The van der Waals surface area contributed by atoms with Gasteiger partial charge in [0, 0.05) is 5.88 Å². The van der Waals surface area contributed by atoms with Crippen LogP contribution in [0.15, 0.2) is 22.0 Å². The van der Waals surface area contributed by atoms with Crippen molar-refractivity contribution in [1.29, 1.82) is 5.26 Å². The zero-order valence-corrected chi connectivity index (χ0v) is 10.2. The molecular weight excluding hydrogens is 282 g/mol. The van der Waals surface area contributed by atoms with Crippen molar-refractivity contribution in [2.45, 2.75) is 5.88 Å². The molecule has 0 radical (unpaired) electrons. The van der Waals surface area contributed by atoms with Crippen LogP contribution in [0.4, 0.5) is 0 Å². The highest BCUT2D eigenvalue weighted by molar-refractivity contribution is 9.10. The first-order valence-electron chi connectivity index (χ1n) is 3.92. The van der Waals surface area contributed by atoms with E-state index in [0.29, 0.717) is 11.4 Å². The van der Waals surface area contributed by atoms with Gasteiger partial charge in [0.05, 0.1) is 14.7 Å². The maximum atomic E-state index is 8.92. The minimum absolute atomic E-state index is 0.440. The number of halogens is 2. The van der Waals surface area contributed by atoms with Crippen molar-refractivity contribution in [3.63, 3.8) is 0 Å². The number of nitriles is 1. The van der Waals surface area contributed by atoms with E-state index in [0.717, 1.165) is 20.1 Å². The number of fused-ring (bicyclic) bond motifs is 1. The molecule has 0 saturated carbocycles. The highest BCUT2D eigenvalue weighted by Gasteiger charge is 2.10. The van der Waals surface area contributed by atoms with E-state index < -0.39 is 0 Å². The molecule has 0 bridgehead atoms. The first kappa shape index (κ1) is 9.97. The smallest absolute Gasteiger partial charge is 0.100 e. The van der Waals surface area contributed by atoms with E-state index in [1.54, 1.807) is 11.3 Å². The Morgan fingerprint density at radius 2 is 2.36 bits per heavy atom. The quantitative estimate of drug-likeness (QED) is 0.718. The second kappa shape index (κ2) is 3.90. The van der Waals surface area contributed by atoms with Crippen LogP contribution in [0.3, 0.4) is 0 Å². The normalized spacial score (nSPS) is 10.4. The monoisotopic (exact) mass is 285 g/mol. The van der Waals surface area contributed by atoms with Gasteiger partial charge in [-0.2, -0.15) is 5.26 Å². The predicted molar refractivity (Wildman–Crippen MR) is 63.8 cm³/mol. The summed E-state index contributed by atoms with van der Waals surface area (Å²) in [6, 6.07) is 6.02. The molecule has 0 aliphatic heterocycles. The fourth-order valence-corrected chi connectivity index (χ4v) is 3.16. The SMILES string of the molecule is N#Cc1cc(CCl)c2ccsc2c1Br. The van der Waals surface area contributed by atoms with Crippen LogP contribution in [0.2, 0.25) is 0 Å². The molecule has 0 saturated heterocycles. The Labute approximate surface area is 99.0 Å². The van der Waals surface area contributed by atoms with E-state index in [1.807, 2.05) is 17.5 Å². The standard InChI is InChI=1S/C10H5BrClNS/c11-9-7(5-13)3-6(4-12)8-1-2-14-10(8)9/h1-3H,4H2. The molecule has 2 rings (SSSR count). The van der Waals surface area contributed by atoms with E-state index in [-0.39, 0.29) is 0 Å². The van der Waals surface area contributed by atoms with Crippen molar-refractivity contribution in [3.8, 4) is 6.07 Å². The highest BCUT2D eigenvalue weighted by Crippen LogP contribution is 2.34. The molecule has 1 aromatic heterocycles. The van der Waals surface area contributed by atoms with E-state index >= 15 is 0 Å². The van der Waals surface area contributed by atoms with Crippen LogP contribution < -0.4 is 0 Å². The van der Waals surface area contributed by atoms with Crippen LogP contribution >= 0.6 is 38.9 Å². The van der Waals surface area contributed by atoms with Crippen molar-refractivity contribution < 1.29 is 0 Å². The maximum absolute atomic E-state index is 8.92. The summed E-state index contributed by atoms with van der Waals surface area (Å²) in [6.45, 7) is 0. The Bertz CT molecular complexity index is 527. The van der Waals surface area contributed by atoms with Gasteiger partial charge >= 0.3 is 0 Å². The Balaban J connectivity index is 2.89. The summed E-state index contributed by atoms with van der Waals surface area (Å²) in [4.78, 5) is 0.